The van der Waals surface area contributed by atoms with E-state index in [2.05, 4.69) is 38.3 Å². The second kappa shape index (κ2) is 18.0. The number of halogens is 3. The fourth-order valence-corrected chi connectivity index (χ4v) is 7.58. The first-order valence-corrected chi connectivity index (χ1v) is 17.6. The van der Waals surface area contributed by atoms with E-state index >= 15 is 0 Å². The van der Waals surface area contributed by atoms with Gasteiger partial charge >= 0.3 is 18.1 Å². The van der Waals surface area contributed by atoms with Gasteiger partial charge in [-0.15, -0.1) is 0 Å². The van der Waals surface area contributed by atoms with Crippen LogP contribution in [0.2, 0.25) is 0 Å². The Hall–Kier alpha value is -3.43. The number of alkyl halides is 3. The molecule has 0 unspecified atom stereocenters. The molecule has 2 aromatic rings. The van der Waals surface area contributed by atoms with Crippen molar-refractivity contribution in [2.45, 2.75) is 95.6 Å². The number of carbonyl (C=O) groups excluding carboxylic acids is 2. The smallest absolute Gasteiger partial charge is 0.389 e. The molecule has 0 radical (unpaired) electrons. The number of esters is 2. The van der Waals surface area contributed by atoms with Crippen LogP contribution < -0.4 is 0 Å². The summed E-state index contributed by atoms with van der Waals surface area (Å²) in [4.78, 5) is 24.2. The van der Waals surface area contributed by atoms with Crippen molar-refractivity contribution in [2.24, 2.45) is 17.8 Å². The van der Waals surface area contributed by atoms with Crippen LogP contribution in [0.4, 0.5) is 13.2 Å². The Morgan fingerprint density at radius 1 is 0.796 bits per heavy atom. The van der Waals surface area contributed by atoms with Gasteiger partial charge in [-0.1, -0.05) is 75.4 Å². The molecular formula is C40H51F3O6. The van der Waals surface area contributed by atoms with Gasteiger partial charge in [0.05, 0.1) is 30.3 Å². The number of rotatable bonds is 15. The summed E-state index contributed by atoms with van der Waals surface area (Å²) < 4.78 is 48.6. The molecule has 2 fully saturated rings. The van der Waals surface area contributed by atoms with Gasteiger partial charge in [0.15, 0.2) is 0 Å². The van der Waals surface area contributed by atoms with Crippen molar-refractivity contribution in [3.05, 3.63) is 83.5 Å². The number of ether oxygens (including phenoxy) is 2. The van der Waals surface area contributed by atoms with E-state index in [0.717, 1.165) is 61.6 Å². The maximum Gasteiger partial charge on any atom is 0.389 e. The van der Waals surface area contributed by atoms with E-state index in [9.17, 15) is 33.0 Å². The van der Waals surface area contributed by atoms with Crippen LogP contribution in [0.3, 0.4) is 0 Å². The van der Waals surface area contributed by atoms with Gasteiger partial charge in [0.2, 0.25) is 0 Å². The highest BCUT2D eigenvalue weighted by atomic mass is 19.4. The van der Waals surface area contributed by atoms with E-state index in [1.165, 1.54) is 24.0 Å². The third-order valence-corrected chi connectivity index (χ3v) is 10.6. The number of aryl methyl sites for hydroxylation is 1. The molecule has 0 heterocycles. The predicted molar refractivity (Wildman–Crippen MR) is 184 cm³/mol. The summed E-state index contributed by atoms with van der Waals surface area (Å²) in [6.45, 7) is 7.90. The van der Waals surface area contributed by atoms with Crippen LogP contribution in [-0.4, -0.2) is 54.8 Å². The Balaban J connectivity index is 1.37. The van der Waals surface area contributed by atoms with Crippen molar-refractivity contribution in [1.29, 1.82) is 0 Å². The lowest BCUT2D eigenvalue weighted by Crippen LogP contribution is -2.26. The summed E-state index contributed by atoms with van der Waals surface area (Å²) in [5.41, 5.74) is 5.49. The lowest BCUT2D eigenvalue weighted by Gasteiger charge is -2.38. The fourth-order valence-electron chi connectivity index (χ4n) is 7.58. The van der Waals surface area contributed by atoms with E-state index in [1.807, 2.05) is 24.3 Å². The summed E-state index contributed by atoms with van der Waals surface area (Å²) >= 11 is 0. The van der Waals surface area contributed by atoms with Crippen LogP contribution in [0.15, 0.2) is 66.8 Å². The van der Waals surface area contributed by atoms with E-state index < -0.39 is 43.7 Å². The molecule has 2 aromatic carbocycles. The molecule has 49 heavy (non-hydrogen) atoms. The third-order valence-electron chi connectivity index (χ3n) is 10.6. The molecule has 2 N–H and O–H groups in total. The lowest BCUT2D eigenvalue weighted by atomic mass is 9.67. The Morgan fingerprint density at radius 3 is 1.80 bits per heavy atom. The SMILES string of the molecule is C=C(CO)C(=O)OCC(COC(=O)C(=C)CO)c1ccc(-c2ccc(C3CCC(C4CCC(CCC(F)(F)F)CC4)CC3)c(CC)c2)cc1. The first-order chi connectivity index (χ1) is 23.4. The highest BCUT2D eigenvalue weighted by Crippen LogP contribution is 2.46. The summed E-state index contributed by atoms with van der Waals surface area (Å²) in [6.07, 6.45) is 5.18. The molecule has 0 spiro atoms. The van der Waals surface area contributed by atoms with Gasteiger partial charge in [0.1, 0.15) is 13.2 Å². The Bertz CT molecular complexity index is 1380. The van der Waals surface area contributed by atoms with Crippen molar-refractivity contribution in [3.8, 4) is 11.1 Å². The minimum atomic E-state index is -4.05. The van der Waals surface area contributed by atoms with Crippen molar-refractivity contribution in [2.75, 3.05) is 26.4 Å². The second-order valence-electron chi connectivity index (χ2n) is 13.9. The summed E-state index contributed by atoms with van der Waals surface area (Å²) in [6, 6.07) is 14.5. The van der Waals surface area contributed by atoms with Crippen LogP contribution in [-0.2, 0) is 25.5 Å². The first kappa shape index (κ1) is 38.4. The fraction of sp³-hybridized carbons (Fsp3) is 0.550. The summed E-state index contributed by atoms with van der Waals surface area (Å²) in [5.74, 6) is 0.109. The summed E-state index contributed by atoms with van der Waals surface area (Å²) in [5, 5.41) is 18.4. The normalized spacial score (nSPS) is 21.3. The van der Waals surface area contributed by atoms with Crippen LogP contribution in [0.25, 0.3) is 11.1 Å². The van der Waals surface area contributed by atoms with Gasteiger partial charge in [-0.25, -0.2) is 9.59 Å². The van der Waals surface area contributed by atoms with Gasteiger partial charge in [-0.3, -0.25) is 0 Å². The zero-order valence-electron chi connectivity index (χ0n) is 28.6. The van der Waals surface area contributed by atoms with Crippen molar-refractivity contribution >= 4 is 11.9 Å². The number of carbonyl (C=O) groups is 2. The average molecular weight is 685 g/mol. The average Bonchev–Trinajstić information content (AvgIpc) is 3.12. The number of benzene rings is 2. The molecular weight excluding hydrogens is 633 g/mol. The van der Waals surface area contributed by atoms with Crippen LogP contribution in [0, 0.1) is 17.8 Å². The Morgan fingerprint density at radius 2 is 1.31 bits per heavy atom. The number of aliphatic hydroxyl groups is 2. The van der Waals surface area contributed by atoms with Gasteiger partial charge in [0.25, 0.3) is 0 Å². The van der Waals surface area contributed by atoms with E-state index in [-0.39, 0.29) is 36.7 Å². The molecule has 0 aromatic heterocycles. The monoisotopic (exact) mass is 684 g/mol. The number of hydrogen-bond donors (Lipinski definition) is 2. The molecule has 9 heteroatoms. The summed E-state index contributed by atoms with van der Waals surface area (Å²) in [7, 11) is 0. The Kier molecular flexibility index (Phi) is 14.1. The molecule has 6 nitrogen and oxygen atoms in total. The zero-order chi connectivity index (χ0) is 35.6. The predicted octanol–water partition coefficient (Wildman–Crippen LogP) is 8.61. The van der Waals surface area contributed by atoms with Gasteiger partial charge in [-0.2, -0.15) is 13.2 Å². The molecule has 2 aliphatic rings. The van der Waals surface area contributed by atoms with Crippen LogP contribution in [0.5, 0.6) is 0 Å². The first-order valence-electron chi connectivity index (χ1n) is 17.6. The quantitative estimate of drug-likeness (QED) is 0.144. The molecule has 0 saturated heterocycles. The number of aliphatic hydroxyl groups excluding tert-OH is 2. The highest BCUT2D eigenvalue weighted by molar-refractivity contribution is 5.88. The molecule has 2 aliphatic carbocycles. The minimum Gasteiger partial charge on any atom is -0.461 e. The number of hydrogen-bond acceptors (Lipinski definition) is 6. The lowest BCUT2D eigenvalue weighted by molar-refractivity contribution is -0.143. The van der Waals surface area contributed by atoms with E-state index in [4.69, 9.17) is 9.47 Å². The maximum atomic E-state index is 12.7. The van der Waals surface area contributed by atoms with Gasteiger partial charge in [-0.05, 0) is 103 Å². The highest BCUT2D eigenvalue weighted by Gasteiger charge is 2.34. The molecule has 268 valence electrons. The topological polar surface area (TPSA) is 93.1 Å². The third kappa shape index (κ3) is 11.0. The molecule has 0 bridgehead atoms. The molecule has 2 saturated carbocycles. The van der Waals surface area contributed by atoms with Crippen LogP contribution >= 0.6 is 0 Å². The second-order valence-corrected chi connectivity index (χ2v) is 13.9. The van der Waals surface area contributed by atoms with E-state index in [0.29, 0.717) is 17.8 Å². The van der Waals surface area contributed by atoms with Gasteiger partial charge in [0, 0.05) is 6.42 Å². The largest absolute Gasteiger partial charge is 0.461 e. The molecule has 0 atom stereocenters. The Labute approximate surface area is 288 Å². The maximum absolute atomic E-state index is 12.7. The van der Waals surface area contributed by atoms with Crippen molar-refractivity contribution in [3.63, 3.8) is 0 Å². The zero-order valence-corrected chi connectivity index (χ0v) is 28.6. The standard InChI is InChI=1S/C40H51F3O6/c1-4-29-21-35(17-18-37(29)34-15-13-31(14-16-34)30-7-5-28(6-8-30)19-20-40(41,42)43)32-9-11-33(12-10-32)36(24-48-38(46)26(2)22-44)25-49-39(47)27(3)23-45/h9-12,17-18,21,28,30-31,34,36,44-45H,2-8,13-16,19-20,22-25H2,1H3. The molecule has 4 rings (SSSR count). The van der Waals surface area contributed by atoms with Crippen molar-refractivity contribution < 1.29 is 42.4 Å². The molecule has 0 amide bonds. The van der Waals surface area contributed by atoms with Gasteiger partial charge < -0.3 is 19.7 Å². The molecule has 0 aliphatic heterocycles. The van der Waals surface area contributed by atoms with Crippen LogP contribution in [0.1, 0.15) is 99.7 Å². The van der Waals surface area contributed by atoms with E-state index in [1.54, 1.807) is 0 Å². The van der Waals surface area contributed by atoms with Crippen molar-refractivity contribution in [1.82, 2.24) is 0 Å². The minimum absolute atomic E-state index is 0.0775.